The van der Waals surface area contributed by atoms with Gasteiger partial charge < -0.3 is 15.1 Å². The maximum atomic E-state index is 13.0. The number of rotatable bonds is 3. The molecule has 2 aromatic carbocycles. The number of nitrogens with one attached hydrogen (secondary N) is 1. The lowest BCUT2D eigenvalue weighted by Gasteiger charge is -2.34. The Morgan fingerprint density at radius 3 is 2.30 bits per heavy atom. The quantitative estimate of drug-likeness (QED) is 0.683. The lowest BCUT2D eigenvalue weighted by Crippen LogP contribution is -2.51. The van der Waals surface area contributed by atoms with Gasteiger partial charge in [0.25, 0.3) is 5.91 Å². The van der Waals surface area contributed by atoms with E-state index in [1.54, 1.807) is 40.3 Å². The zero-order valence-corrected chi connectivity index (χ0v) is 17.0. The number of carbonyl (C=O) groups excluding carboxylic acids is 2. The summed E-state index contributed by atoms with van der Waals surface area (Å²) >= 11 is 5.87. The van der Waals surface area contributed by atoms with E-state index in [9.17, 15) is 9.59 Å². The highest BCUT2D eigenvalue weighted by Gasteiger charge is 2.25. The first-order valence-corrected chi connectivity index (χ1v) is 10.1. The summed E-state index contributed by atoms with van der Waals surface area (Å²) in [4.78, 5) is 33.3. The number of aromatic nitrogens is 1. The molecule has 0 unspecified atom stereocenters. The molecule has 1 N–H and O–H groups in total. The molecule has 0 aliphatic carbocycles. The Morgan fingerprint density at radius 2 is 1.60 bits per heavy atom. The number of piperazine rings is 1. The van der Waals surface area contributed by atoms with Gasteiger partial charge in [-0.2, -0.15) is 0 Å². The predicted octanol–water partition coefficient (Wildman–Crippen LogP) is 4.39. The number of hydrogen-bond donors (Lipinski definition) is 1. The molecule has 1 aliphatic heterocycles. The van der Waals surface area contributed by atoms with Crippen molar-refractivity contribution in [2.24, 2.45) is 0 Å². The molecule has 30 heavy (non-hydrogen) atoms. The number of nitrogens with zero attached hydrogens (tertiary/aromatic N) is 3. The van der Waals surface area contributed by atoms with Gasteiger partial charge in [0.15, 0.2) is 0 Å². The number of carbonyl (C=O) groups is 2. The fourth-order valence-electron chi connectivity index (χ4n) is 3.38. The van der Waals surface area contributed by atoms with Gasteiger partial charge in [-0.25, -0.2) is 4.79 Å². The van der Waals surface area contributed by atoms with Gasteiger partial charge in [0, 0.05) is 54.2 Å². The molecule has 0 atom stereocenters. The zero-order chi connectivity index (χ0) is 20.9. The van der Waals surface area contributed by atoms with Crippen LogP contribution in [0.1, 0.15) is 10.4 Å². The Labute approximate surface area is 180 Å². The summed E-state index contributed by atoms with van der Waals surface area (Å²) in [6.07, 6.45) is 1.73. The lowest BCUT2D eigenvalue weighted by atomic mass is 10.1. The van der Waals surface area contributed by atoms with Crippen molar-refractivity contribution in [2.75, 3.05) is 31.5 Å². The Hall–Kier alpha value is -3.38. The van der Waals surface area contributed by atoms with E-state index in [2.05, 4.69) is 10.3 Å². The van der Waals surface area contributed by atoms with E-state index >= 15 is 0 Å². The summed E-state index contributed by atoms with van der Waals surface area (Å²) in [7, 11) is 0. The number of anilines is 1. The summed E-state index contributed by atoms with van der Waals surface area (Å²) in [5.74, 6) is -0.0365. The van der Waals surface area contributed by atoms with Gasteiger partial charge in [-0.1, -0.05) is 29.8 Å². The number of hydrogen-bond acceptors (Lipinski definition) is 3. The minimum atomic E-state index is -0.179. The highest BCUT2D eigenvalue weighted by Crippen LogP contribution is 2.20. The molecule has 1 aliphatic rings. The largest absolute Gasteiger partial charge is 0.335 e. The number of benzene rings is 2. The average molecular weight is 421 g/mol. The maximum Gasteiger partial charge on any atom is 0.321 e. The second-order valence-corrected chi connectivity index (χ2v) is 7.45. The van der Waals surface area contributed by atoms with Crippen LogP contribution in [-0.2, 0) is 0 Å². The van der Waals surface area contributed by atoms with Crippen molar-refractivity contribution in [3.05, 3.63) is 83.5 Å². The second-order valence-electron chi connectivity index (χ2n) is 7.01. The normalized spacial score (nSPS) is 13.8. The summed E-state index contributed by atoms with van der Waals surface area (Å²) in [5.41, 5.74) is 3.05. The molecular weight excluding hydrogens is 400 g/mol. The summed E-state index contributed by atoms with van der Waals surface area (Å²) in [5, 5.41) is 3.48. The van der Waals surface area contributed by atoms with E-state index < -0.39 is 0 Å². The van der Waals surface area contributed by atoms with E-state index in [1.807, 2.05) is 42.5 Å². The van der Waals surface area contributed by atoms with Crippen LogP contribution in [0.15, 0.2) is 72.9 Å². The molecular formula is C23H21ClN4O2. The van der Waals surface area contributed by atoms with Crippen LogP contribution in [0, 0.1) is 0 Å². The van der Waals surface area contributed by atoms with Crippen molar-refractivity contribution in [1.29, 1.82) is 0 Å². The van der Waals surface area contributed by atoms with E-state index in [-0.39, 0.29) is 11.9 Å². The van der Waals surface area contributed by atoms with Crippen LogP contribution >= 0.6 is 11.6 Å². The average Bonchev–Trinajstić information content (AvgIpc) is 2.81. The van der Waals surface area contributed by atoms with Crippen molar-refractivity contribution in [1.82, 2.24) is 14.8 Å². The second kappa shape index (κ2) is 8.97. The summed E-state index contributed by atoms with van der Waals surface area (Å²) in [6.45, 7) is 1.93. The van der Waals surface area contributed by atoms with E-state index in [1.165, 1.54) is 0 Å². The first kappa shape index (κ1) is 19.9. The molecule has 3 aromatic rings. The zero-order valence-electron chi connectivity index (χ0n) is 16.3. The molecule has 2 heterocycles. The molecule has 0 radical (unpaired) electrons. The van der Waals surface area contributed by atoms with Gasteiger partial charge in [-0.15, -0.1) is 0 Å². The van der Waals surface area contributed by atoms with Crippen LogP contribution in [0.5, 0.6) is 0 Å². The maximum absolute atomic E-state index is 13.0. The third-order valence-electron chi connectivity index (χ3n) is 5.02. The Balaban J connectivity index is 1.36. The van der Waals surface area contributed by atoms with Crippen LogP contribution < -0.4 is 5.32 Å². The van der Waals surface area contributed by atoms with Crippen molar-refractivity contribution in [3.8, 4) is 11.3 Å². The smallest absolute Gasteiger partial charge is 0.321 e. The summed E-state index contributed by atoms with van der Waals surface area (Å²) < 4.78 is 0. The van der Waals surface area contributed by atoms with Gasteiger partial charge in [0.1, 0.15) is 0 Å². The molecule has 6 nitrogen and oxygen atoms in total. The standard InChI is InChI=1S/C23H21ClN4O2/c24-19-7-9-20(10-8-19)26-23(30)28-14-12-27(13-15-28)22(29)18-5-3-4-17(16-18)21-6-1-2-11-25-21/h1-11,16H,12-15H2,(H,26,30). The molecule has 4 rings (SSSR count). The lowest BCUT2D eigenvalue weighted by molar-refractivity contribution is 0.0672. The number of pyridine rings is 1. The third-order valence-corrected chi connectivity index (χ3v) is 5.27. The fourth-order valence-corrected chi connectivity index (χ4v) is 3.50. The molecule has 1 saturated heterocycles. The van der Waals surface area contributed by atoms with Gasteiger partial charge in [-0.05, 0) is 48.5 Å². The number of halogens is 1. The SMILES string of the molecule is O=C(Nc1ccc(Cl)cc1)N1CCN(C(=O)c2cccc(-c3ccccn3)c2)CC1. The van der Waals surface area contributed by atoms with Crippen LogP contribution in [0.2, 0.25) is 5.02 Å². The van der Waals surface area contributed by atoms with Gasteiger partial charge in [-0.3, -0.25) is 9.78 Å². The first-order chi connectivity index (χ1) is 14.6. The van der Waals surface area contributed by atoms with Crippen LogP contribution in [0.3, 0.4) is 0 Å². The highest BCUT2D eigenvalue weighted by atomic mass is 35.5. The molecule has 0 saturated carbocycles. The molecule has 1 fully saturated rings. The van der Waals surface area contributed by atoms with Gasteiger partial charge in [0.2, 0.25) is 0 Å². The Kier molecular flexibility index (Phi) is 5.95. The van der Waals surface area contributed by atoms with Crippen molar-refractivity contribution in [2.45, 2.75) is 0 Å². The third kappa shape index (κ3) is 4.60. The van der Waals surface area contributed by atoms with E-state index in [4.69, 9.17) is 11.6 Å². The Morgan fingerprint density at radius 1 is 0.867 bits per heavy atom. The van der Waals surface area contributed by atoms with Crippen LogP contribution in [-0.4, -0.2) is 52.9 Å². The molecule has 0 bridgehead atoms. The molecule has 152 valence electrons. The van der Waals surface area contributed by atoms with Crippen molar-refractivity contribution in [3.63, 3.8) is 0 Å². The molecule has 1 aromatic heterocycles. The van der Waals surface area contributed by atoms with Crippen LogP contribution in [0.4, 0.5) is 10.5 Å². The predicted molar refractivity (Wildman–Crippen MR) is 118 cm³/mol. The number of amides is 3. The van der Waals surface area contributed by atoms with Gasteiger partial charge in [0.05, 0.1) is 5.69 Å². The molecule has 0 spiro atoms. The number of urea groups is 1. The highest BCUT2D eigenvalue weighted by molar-refractivity contribution is 6.30. The van der Waals surface area contributed by atoms with Gasteiger partial charge >= 0.3 is 6.03 Å². The van der Waals surface area contributed by atoms with Crippen molar-refractivity contribution >= 4 is 29.2 Å². The van der Waals surface area contributed by atoms with Crippen molar-refractivity contribution < 1.29 is 9.59 Å². The topological polar surface area (TPSA) is 65.5 Å². The Bertz CT molecular complexity index is 1030. The van der Waals surface area contributed by atoms with E-state index in [0.29, 0.717) is 42.5 Å². The van der Waals surface area contributed by atoms with Crippen LogP contribution in [0.25, 0.3) is 11.3 Å². The molecule has 3 amide bonds. The summed E-state index contributed by atoms with van der Waals surface area (Å²) in [6, 6.07) is 20.0. The monoisotopic (exact) mass is 420 g/mol. The fraction of sp³-hybridized carbons (Fsp3) is 0.174. The van der Waals surface area contributed by atoms with E-state index in [0.717, 1.165) is 11.3 Å². The first-order valence-electron chi connectivity index (χ1n) is 9.72. The minimum absolute atomic E-state index is 0.0365. The minimum Gasteiger partial charge on any atom is -0.335 e. The molecule has 7 heteroatoms.